The van der Waals surface area contributed by atoms with Crippen LogP contribution in [0.5, 0.6) is 0 Å². The van der Waals surface area contributed by atoms with Gasteiger partial charge < -0.3 is 10.1 Å². The third kappa shape index (κ3) is 6.34. The third-order valence-corrected chi connectivity index (χ3v) is 6.23. The molecule has 5 nitrogen and oxygen atoms in total. The Balaban J connectivity index is 1.61. The fourth-order valence-corrected chi connectivity index (χ4v) is 3.86. The maximum Gasteiger partial charge on any atom is 0.270 e. The minimum atomic E-state index is -3.70. The molecular formula is C13H18ClNO4S2. The van der Waals surface area contributed by atoms with Gasteiger partial charge in [-0.25, -0.2) is 8.42 Å². The molecule has 21 heavy (non-hydrogen) atoms. The molecule has 0 unspecified atom stereocenters. The molecule has 1 saturated carbocycles. The van der Waals surface area contributed by atoms with Crippen molar-refractivity contribution in [2.45, 2.75) is 29.9 Å². The summed E-state index contributed by atoms with van der Waals surface area (Å²) in [5.74, 6) is 0.628. The highest BCUT2D eigenvalue weighted by Gasteiger charge is 2.20. The van der Waals surface area contributed by atoms with Crippen molar-refractivity contribution < 1.29 is 17.9 Å². The van der Waals surface area contributed by atoms with Gasteiger partial charge in [-0.2, -0.15) is 0 Å². The molecule has 0 spiro atoms. The summed E-state index contributed by atoms with van der Waals surface area (Å²) in [5, 5.41) is 2.79. The number of nitrogens with one attached hydrogen (secondary N) is 1. The van der Waals surface area contributed by atoms with Gasteiger partial charge in [0.25, 0.3) is 9.05 Å². The highest BCUT2D eigenvalue weighted by Crippen LogP contribution is 2.28. The first-order chi connectivity index (χ1) is 9.95. The molecule has 1 amide bonds. The van der Waals surface area contributed by atoms with Gasteiger partial charge in [0.05, 0.1) is 6.42 Å². The van der Waals surface area contributed by atoms with Gasteiger partial charge in [0.2, 0.25) is 5.91 Å². The van der Waals surface area contributed by atoms with Gasteiger partial charge in [-0.05, 0) is 37.3 Å². The van der Waals surface area contributed by atoms with E-state index in [-0.39, 0.29) is 16.5 Å². The molecule has 1 aliphatic carbocycles. The summed E-state index contributed by atoms with van der Waals surface area (Å²) in [6.07, 6.45) is 3.50. The molecule has 0 atom stereocenters. The zero-order valence-corrected chi connectivity index (χ0v) is 13.9. The first-order valence-corrected chi connectivity index (χ1v) is 9.95. The van der Waals surface area contributed by atoms with E-state index in [0.717, 1.165) is 30.3 Å². The molecule has 0 aromatic carbocycles. The van der Waals surface area contributed by atoms with Gasteiger partial charge in [-0.1, -0.05) is 0 Å². The fraction of sp³-hybridized carbons (Fsp3) is 0.615. The lowest BCUT2D eigenvalue weighted by atomic mass is 10.3. The molecule has 0 bridgehead atoms. The van der Waals surface area contributed by atoms with E-state index in [0.29, 0.717) is 18.0 Å². The predicted molar refractivity (Wildman–Crippen MR) is 82.2 cm³/mol. The SMILES string of the molecule is O=C(Cc1ccc(S(=O)(=O)Cl)s1)NCCCOCC1CC1. The Labute approximate surface area is 133 Å². The van der Waals surface area contributed by atoms with Crippen LogP contribution in [-0.4, -0.2) is 34.1 Å². The number of ether oxygens (including phenoxy) is 1. The highest BCUT2D eigenvalue weighted by atomic mass is 35.7. The second-order valence-corrected chi connectivity index (χ2v) is 9.02. The minimum Gasteiger partial charge on any atom is -0.381 e. The predicted octanol–water partition coefficient (Wildman–Crippen LogP) is 2.15. The van der Waals surface area contributed by atoms with E-state index in [1.165, 1.54) is 18.9 Å². The van der Waals surface area contributed by atoms with Crippen LogP contribution in [0.3, 0.4) is 0 Å². The third-order valence-electron chi connectivity index (χ3n) is 3.05. The molecule has 1 N–H and O–H groups in total. The van der Waals surface area contributed by atoms with Gasteiger partial charge in [-0.15, -0.1) is 11.3 Å². The maximum atomic E-state index is 11.7. The normalized spacial score (nSPS) is 15.1. The molecule has 118 valence electrons. The lowest BCUT2D eigenvalue weighted by Crippen LogP contribution is -2.26. The lowest BCUT2D eigenvalue weighted by Gasteiger charge is -2.05. The molecule has 0 saturated heterocycles. The Hall–Kier alpha value is -0.630. The Morgan fingerprint density at radius 2 is 2.19 bits per heavy atom. The average molecular weight is 352 g/mol. The molecule has 1 aliphatic rings. The van der Waals surface area contributed by atoms with Crippen LogP contribution in [0.1, 0.15) is 24.1 Å². The van der Waals surface area contributed by atoms with Crippen LogP contribution in [-0.2, 0) is 25.0 Å². The summed E-state index contributed by atoms with van der Waals surface area (Å²) in [6.45, 7) is 2.05. The fourth-order valence-electron chi connectivity index (χ4n) is 1.74. The van der Waals surface area contributed by atoms with E-state index in [2.05, 4.69) is 5.32 Å². The Morgan fingerprint density at radius 1 is 1.43 bits per heavy atom. The number of halogens is 1. The second-order valence-electron chi connectivity index (χ2n) is 5.06. The van der Waals surface area contributed by atoms with E-state index in [1.807, 2.05) is 0 Å². The number of rotatable bonds is 9. The van der Waals surface area contributed by atoms with Crippen LogP contribution in [0.2, 0.25) is 0 Å². The van der Waals surface area contributed by atoms with Crippen LogP contribution in [0.25, 0.3) is 0 Å². The minimum absolute atomic E-state index is 0.0699. The molecule has 1 fully saturated rings. The van der Waals surface area contributed by atoms with Gasteiger partial charge in [0.1, 0.15) is 4.21 Å². The number of carbonyl (C=O) groups is 1. The Kier molecular flexibility index (Phi) is 6.04. The second kappa shape index (κ2) is 7.58. The zero-order chi connectivity index (χ0) is 15.3. The van der Waals surface area contributed by atoms with Crippen LogP contribution in [0.15, 0.2) is 16.3 Å². The van der Waals surface area contributed by atoms with Crippen molar-refractivity contribution in [1.29, 1.82) is 0 Å². The summed E-state index contributed by atoms with van der Waals surface area (Å²) >= 11 is 1.02. The lowest BCUT2D eigenvalue weighted by molar-refractivity contribution is -0.120. The van der Waals surface area contributed by atoms with Crippen LogP contribution in [0.4, 0.5) is 0 Å². The summed E-state index contributed by atoms with van der Waals surface area (Å²) in [7, 11) is 1.53. The van der Waals surface area contributed by atoms with Crippen LogP contribution in [0, 0.1) is 5.92 Å². The van der Waals surface area contributed by atoms with Crippen molar-refractivity contribution in [1.82, 2.24) is 5.32 Å². The van der Waals surface area contributed by atoms with Crippen molar-refractivity contribution in [3.05, 3.63) is 17.0 Å². The van der Waals surface area contributed by atoms with E-state index >= 15 is 0 Å². The number of carbonyl (C=O) groups excluding carboxylic acids is 1. The maximum absolute atomic E-state index is 11.7. The van der Waals surface area contributed by atoms with Gasteiger partial charge in [-0.3, -0.25) is 4.79 Å². The molecule has 1 aromatic rings. The first kappa shape index (κ1) is 16.7. The molecule has 8 heteroatoms. The smallest absolute Gasteiger partial charge is 0.270 e. The molecule has 1 heterocycles. The van der Waals surface area contributed by atoms with E-state index in [9.17, 15) is 13.2 Å². The van der Waals surface area contributed by atoms with Crippen molar-refractivity contribution in [3.8, 4) is 0 Å². The van der Waals surface area contributed by atoms with Gasteiger partial charge >= 0.3 is 0 Å². The highest BCUT2D eigenvalue weighted by molar-refractivity contribution is 8.15. The van der Waals surface area contributed by atoms with E-state index < -0.39 is 9.05 Å². The summed E-state index contributed by atoms with van der Waals surface area (Å²) in [5.41, 5.74) is 0. The average Bonchev–Trinajstić information content (AvgIpc) is 3.10. The van der Waals surface area contributed by atoms with E-state index in [4.69, 9.17) is 15.4 Å². The van der Waals surface area contributed by atoms with Crippen LogP contribution >= 0.6 is 22.0 Å². The van der Waals surface area contributed by atoms with Gasteiger partial charge in [0, 0.05) is 35.3 Å². The molecule has 1 aromatic heterocycles. The Morgan fingerprint density at radius 3 is 2.81 bits per heavy atom. The molecule has 0 radical (unpaired) electrons. The molecule has 0 aliphatic heterocycles. The number of hydrogen-bond acceptors (Lipinski definition) is 5. The summed E-state index contributed by atoms with van der Waals surface area (Å²) in [6, 6.07) is 3.03. The monoisotopic (exact) mass is 351 g/mol. The van der Waals surface area contributed by atoms with Gasteiger partial charge in [0.15, 0.2) is 0 Å². The van der Waals surface area contributed by atoms with E-state index in [1.54, 1.807) is 6.07 Å². The van der Waals surface area contributed by atoms with Crippen LogP contribution < -0.4 is 5.32 Å². The van der Waals surface area contributed by atoms with Crippen molar-refractivity contribution in [3.63, 3.8) is 0 Å². The first-order valence-electron chi connectivity index (χ1n) is 6.83. The zero-order valence-electron chi connectivity index (χ0n) is 11.5. The van der Waals surface area contributed by atoms with Crippen molar-refractivity contribution in [2.75, 3.05) is 19.8 Å². The molecular weight excluding hydrogens is 334 g/mol. The summed E-state index contributed by atoms with van der Waals surface area (Å²) in [4.78, 5) is 12.4. The standard InChI is InChI=1S/C13H18ClNO4S2/c14-21(17,18)13-5-4-11(20-13)8-12(16)15-6-1-7-19-9-10-2-3-10/h4-5,10H,1-3,6-9H2,(H,15,16). The number of thiophene rings is 1. The Bertz CT molecular complexity index is 581. The van der Waals surface area contributed by atoms with Crippen molar-refractivity contribution >= 4 is 37.0 Å². The number of amides is 1. The quantitative estimate of drug-likeness (QED) is 0.546. The largest absolute Gasteiger partial charge is 0.381 e. The topological polar surface area (TPSA) is 72.5 Å². The van der Waals surface area contributed by atoms with Crippen molar-refractivity contribution in [2.24, 2.45) is 5.92 Å². The molecule has 2 rings (SSSR count). The number of hydrogen-bond donors (Lipinski definition) is 1. The summed E-state index contributed by atoms with van der Waals surface area (Å²) < 4.78 is 27.8.